The van der Waals surface area contributed by atoms with Gasteiger partial charge in [-0.2, -0.15) is 5.10 Å². The number of benzene rings is 2. The van der Waals surface area contributed by atoms with E-state index in [1.165, 1.54) is 40.4 Å². The van der Waals surface area contributed by atoms with Crippen molar-refractivity contribution in [1.29, 1.82) is 0 Å². The Balaban J connectivity index is 1.45. The van der Waals surface area contributed by atoms with Gasteiger partial charge in [0.05, 0.1) is 6.54 Å². The van der Waals surface area contributed by atoms with Crippen molar-refractivity contribution in [3.8, 4) is 10.4 Å². The van der Waals surface area contributed by atoms with Crippen LogP contribution in [0.3, 0.4) is 0 Å². The summed E-state index contributed by atoms with van der Waals surface area (Å²) in [5.74, 6) is -1.78. The zero-order chi connectivity index (χ0) is 23.9. The molecule has 1 aliphatic rings. The van der Waals surface area contributed by atoms with Crippen LogP contribution >= 0.6 is 11.3 Å². The fourth-order valence-corrected chi connectivity index (χ4v) is 5.76. The molecule has 0 aliphatic carbocycles. The molecule has 3 heterocycles. The zero-order valence-electron chi connectivity index (χ0n) is 18.5. The third kappa shape index (κ3) is 4.26. The Morgan fingerprint density at radius 1 is 1.09 bits per heavy atom. The lowest BCUT2D eigenvalue weighted by Gasteiger charge is -2.42. The van der Waals surface area contributed by atoms with Crippen molar-refractivity contribution in [3.05, 3.63) is 94.6 Å². The van der Waals surface area contributed by atoms with E-state index in [1.807, 2.05) is 6.92 Å². The summed E-state index contributed by atoms with van der Waals surface area (Å²) in [6.07, 6.45) is 3.58. The second-order valence-electron chi connectivity index (χ2n) is 8.60. The summed E-state index contributed by atoms with van der Waals surface area (Å²) in [5.41, 5.74) is 0.417. The minimum absolute atomic E-state index is 0.0139. The topological polar surface area (TPSA) is 54.2 Å². The van der Waals surface area contributed by atoms with Gasteiger partial charge in [0.2, 0.25) is 0 Å². The number of aromatic nitrogens is 3. The molecule has 0 fully saturated rings. The number of aliphatic hydroxyl groups is 1. The third-order valence-corrected chi connectivity index (χ3v) is 7.82. The minimum Gasteiger partial charge on any atom is -0.381 e. The Bertz CT molecular complexity index is 1290. The largest absolute Gasteiger partial charge is 0.381 e. The van der Waals surface area contributed by atoms with Crippen LogP contribution in [0.25, 0.3) is 10.4 Å². The first-order valence-corrected chi connectivity index (χ1v) is 11.8. The molecular weight excluding hydrogens is 461 g/mol. The predicted molar refractivity (Wildman–Crippen MR) is 124 cm³/mol. The van der Waals surface area contributed by atoms with Crippen LogP contribution in [-0.4, -0.2) is 37.4 Å². The van der Waals surface area contributed by atoms with Gasteiger partial charge < -0.3 is 5.11 Å². The van der Waals surface area contributed by atoms with E-state index in [4.69, 9.17) is 0 Å². The normalized spacial score (nSPS) is 16.7. The highest BCUT2D eigenvalue weighted by molar-refractivity contribution is 7.15. The summed E-state index contributed by atoms with van der Waals surface area (Å²) in [4.78, 5) is 8.33. The molecule has 0 saturated carbocycles. The molecule has 0 spiro atoms. The summed E-state index contributed by atoms with van der Waals surface area (Å²) < 4.78 is 43.3. The van der Waals surface area contributed by atoms with Crippen LogP contribution in [0.2, 0.25) is 0 Å². The van der Waals surface area contributed by atoms with Gasteiger partial charge in [-0.05, 0) is 48.7 Å². The summed E-state index contributed by atoms with van der Waals surface area (Å²) >= 11 is 1.68. The molecule has 1 aliphatic heterocycles. The molecule has 4 aromatic rings. The van der Waals surface area contributed by atoms with E-state index in [9.17, 15) is 18.3 Å². The second kappa shape index (κ2) is 8.98. The number of fused-ring (bicyclic) bond motifs is 1. The Morgan fingerprint density at radius 3 is 2.56 bits per heavy atom. The number of thiophene rings is 1. The highest BCUT2D eigenvalue weighted by Crippen LogP contribution is 2.38. The molecule has 34 heavy (non-hydrogen) atoms. The molecule has 2 aromatic heterocycles. The molecule has 0 bridgehead atoms. The second-order valence-corrected chi connectivity index (χ2v) is 9.74. The zero-order valence-corrected chi connectivity index (χ0v) is 19.3. The van der Waals surface area contributed by atoms with Gasteiger partial charge >= 0.3 is 0 Å². The Labute approximate surface area is 199 Å². The number of rotatable bonds is 6. The molecule has 0 saturated heterocycles. The van der Waals surface area contributed by atoms with Crippen LogP contribution in [0.1, 0.15) is 22.9 Å². The fourth-order valence-electron chi connectivity index (χ4n) is 4.59. The first-order chi connectivity index (χ1) is 16.3. The van der Waals surface area contributed by atoms with E-state index in [0.717, 1.165) is 34.6 Å². The molecule has 5 rings (SSSR count). The van der Waals surface area contributed by atoms with Crippen molar-refractivity contribution >= 4 is 11.3 Å². The highest BCUT2D eigenvalue weighted by Gasteiger charge is 2.42. The Morgan fingerprint density at radius 2 is 1.85 bits per heavy atom. The number of halogens is 3. The van der Waals surface area contributed by atoms with E-state index in [1.54, 1.807) is 23.5 Å². The van der Waals surface area contributed by atoms with E-state index >= 15 is 0 Å². The van der Waals surface area contributed by atoms with Gasteiger partial charge in [-0.25, -0.2) is 22.8 Å². The van der Waals surface area contributed by atoms with Gasteiger partial charge in [0.15, 0.2) is 0 Å². The number of nitrogens with zero attached hydrogens (tertiary/aromatic N) is 4. The standard InChI is InChI=1S/C25H23F3N4OS/c1-16(25(33,13-32-15-29-14-30-32)21-7-6-20(27)11-22(21)28)31-9-8-23-18(12-31)10-24(34-23)17-2-4-19(26)5-3-17/h2-7,10-11,14-16,33H,8-9,12-13H2,1H3/t16-,25-/m1/s1. The molecule has 9 heteroatoms. The van der Waals surface area contributed by atoms with Crippen molar-refractivity contribution in [3.63, 3.8) is 0 Å². The molecule has 0 radical (unpaired) electrons. The van der Waals surface area contributed by atoms with Crippen LogP contribution in [0.4, 0.5) is 13.2 Å². The average Bonchev–Trinajstić information content (AvgIpc) is 3.48. The molecule has 5 nitrogen and oxygen atoms in total. The van der Waals surface area contributed by atoms with Crippen molar-refractivity contribution in [1.82, 2.24) is 19.7 Å². The first kappa shape index (κ1) is 22.8. The lowest BCUT2D eigenvalue weighted by Crippen LogP contribution is -2.53. The summed E-state index contributed by atoms with van der Waals surface area (Å²) in [6, 6.07) is 11.2. The predicted octanol–water partition coefficient (Wildman–Crippen LogP) is 4.76. The van der Waals surface area contributed by atoms with Crippen LogP contribution < -0.4 is 0 Å². The van der Waals surface area contributed by atoms with E-state index < -0.39 is 23.3 Å². The summed E-state index contributed by atoms with van der Waals surface area (Å²) in [7, 11) is 0. The van der Waals surface area contributed by atoms with Gasteiger partial charge in [-0.3, -0.25) is 4.90 Å². The van der Waals surface area contributed by atoms with Gasteiger partial charge in [0.25, 0.3) is 0 Å². The molecule has 0 amide bonds. The van der Waals surface area contributed by atoms with E-state index in [2.05, 4.69) is 21.0 Å². The van der Waals surface area contributed by atoms with Crippen molar-refractivity contribution in [2.45, 2.75) is 38.1 Å². The van der Waals surface area contributed by atoms with Gasteiger partial charge in [0, 0.05) is 40.5 Å². The van der Waals surface area contributed by atoms with E-state index in [-0.39, 0.29) is 17.9 Å². The van der Waals surface area contributed by atoms with Gasteiger partial charge in [0.1, 0.15) is 35.7 Å². The number of hydrogen-bond acceptors (Lipinski definition) is 5. The maximum atomic E-state index is 14.9. The Kier molecular flexibility index (Phi) is 6.01. The molecular formula is C25H23F3N4OS. The van der Waals surface area contributed by atoms with Crippen LogP contribution in [0.5, 0.6) is 0 Å². The molecule has 2 atom stereocenters. The molecule has 0 unspecified atom stereocenters. The summed E-state index contributed by atoms with van der Waals surface area (Å²) in [5, 5.41) is 16.0. The van der Waals surface area contributed by atoms with Crippen molar-refractivity contribution in [2.75, 3.05) is 6.54 Å². The summed E-state index contributed by atoms with van der Waals surface area (Å²) in [6.45, 7) is 3.04. The monoisotopic (exact) mass is 484 g/mol. The van der Waals surface area contributed by atoms with E-state index in [0.29, 0.717) is 13.1 Å². The fraction of sp³-hybridized carbons (Fsp3) is 0.280. The average molecular weight is 485 g/mol. The maximum Gasteiger partial charge on any atom is 0.137 e. The lowest BCUT2D eigenvalue weighted by molar-refractivity contribution is -0.0675. The maximum absolute atomic E-state index is 14.9. The quantitative estimate of drug-likeness (QED) is 0.429. The van der Waals surface area contributed by atoms with Crippen LogP contribution in [0, 0.1) is 17.5 Å². The van der Waals surface area contributed by atoms with Gasteiger partial charge in [-0.15, -0.1) is 11.3 Å². The highest BCUT2D eigenvalue weighted by atomic mass is 32.1. The third-order valence-electron chi connectivity index (χ3n) is 6.53. The smallest absolute Gasteiger partial charge is 0.137 e. The van der Waals surface area contributed by atoms with Crippen molar-refractivity contribution in [2.24, 2.45) is 0 Å². The first-order valence-electron chi connectivity index (χ1n) is 11.0. The van der Waals surface area contributed by atoms with Crippen LogP contribution in [-0.2, 0) is 25.1 Å². The minimum atomic E-state index is -1.68. The molecule has 1 N–H and O–H groups in total. The molecule has 176 valence electrons. The number of hydrogen-bond donors (Lipinski definition) is 1. The lowest BCUT2D eigenvalue weighted by atomic mass is 9.84. The SMILES string of the molecule is C[C@@H](N1CCc2sc(-c3ccc(F)cc3)cc2C1)[C@](O)(Cn1cncn1)c1ccc(F)cc1F. The van der Waals surface area contributed by atoms with Crippen LogP contribution in [0.15, 0.2) is 61.2 Å². The van der Waals surface area contributed by atoms with Crippen molar-refractivity contribution < 1.29 is 18.3 Å². The van der Waals surface area contributed by atoms with Gasteiger partial charge in [-0.1, -0.05) is 18.2 Å². The Hall–Kier alpha value is -3.01. The molecule has 2 aromatic carbocycles.